The number of hydrogen-bond acceptors (Lipinski definition) is 4. The Morgan fingerprint density at radius 1 is 1.31 bits per heavy atom. The summed E-state index contributed by atoms with van der Waals surface area (Å²) in [6.45, 7) is 1.16. The van der Waals surface area contributed by atoms with Gasteiger partial charge in [0.2, 0.25) is 5.91 Å². The Labute approximate surface area is 155 Å². The zero-order chi connectivity index (χ0) is 17.8. The summed E-state index contributed by atoms with van der Waals surface area (Å²) in [5.74, 6) is 1.51. The normalized spacial score (nSPS) is 26.5. The average molecular weight is 374 g/mol. The second-order valence-corrected chi connectivity index (χ2v) is 7.89. The van der Waals surface area contributed by atoms with E-state index in [0.717, 1.165) is 37.8 Å². The van der Waals surface area contributed by atoms with Crippen molar-refractivity contribution < 1.29 is 4.79 Å². The SMILES string of the molecule is O=C([C@@H]1CCCc2nn(Cc3ccc(Cl)nc3)c(=O)n21)N1CC[C@H]2C[C@@H]21. The number of carbonyl (C=O) groups is 1. The molecule has 3 aliphatic rings. The predicted molar refractivity (Wildman–Crippen MR) is 95.0 cm³/mol. The molecule has 1 aliphatic carbocycles. The van der Waals surface area contributed by atoms with Gasteiger partial charge in [0, 0.05) is 25.2 Å². The van der Waals surface area contributed by atoms with E-state index in [-0.39, 0.29) is 11.6 Å². The molecule has 3 atom stereocenters. The van der Waals surface area contributed by atoms with Crippen LogP contribution in [0.25, 0.3) is 0 Å². The number of fused-ring (bicyclic) bond motifs is 2. The Bertz CT molecular complexity index is 919. The molecular weight excluding hydrogens is 354 g/mol. The molecule has 26 heavy (non-hydrogen) atoms. The van der Waals surface area contributed by atoms with Crippen molar-refractivity contribution in [2.45, 2.75) is 50.7 Å². The van der Waals surface area contributed by atoms with Gasteiger partial charge in [-0.15, -0.1) is 0 Å². The molecule has 0 N–H and O–H groups in total. The van der Waals surface area contributed by atoms with Gasteiger partial charge < -0.3 is 4.90 Å². The maximum absolute atomic E-state index is 13.1. The van der Waals surface area contributed by atoms with Crippen molar-refractivity contribution in [3.8, 4) is 0 Å². The van der Waals surface area contributed by atoms with Crippen LogP contribution in [-0.2, 0) is 17.8 Å². The van der Waals surface area contributed by atoms with Crippen LogP contribution >= 0.6 is 11.6 Å². The first kappa shape index (κ1) is 16.1. The Hall–Kier alpha value is -2.15. The van der Waals surface area contributed by atoms with E-state index in [1.165, 1.54) is 4.68 Å². The van der Waals surface area contributed by atoms with Crippen LogP contribution < -0.4 is 5.69 Å². The molecule has 0 aromatic carbocycles. The maximum Gasteiger partial charge on any atom is 0.346 e. The summed E-state index contributed by atoms with van der Waals surface area (Å²) in [5, 5.41) is 4.91. The molecule has 2 aromatic rings. The minimum atomic E-state index is -0.400. The van der Waals surface area contributed by atoms with Crippen LogP contribution in [0.1, 0.15) is 43.1 Å². The summed E-state index contributed by atoms with van der Waals surface area (Å²) in [7, 11) is 0. The summed E-state index contributed by atoms with van der Waals surface area (Å²) in [4.78, 5) is 32.1. The highest BCUT2D eigenvalue weighted by Gasteiger charge is 2.50. The van der Waals surface area contributed by atoms with E-state index in [4.69, 9.17) is 11.6 Å². The summed E-state index contributed by atoms with van der Waals surface area (Å²) in [6, 6.07) is 3.55. The summed E-state index contributed by atoms with van der Waals surface area (Å²) >= 11 is 5.82. The van der Waals surface area contributed by atoms with Crippen LogP contribution in [0.3, 0.4) is 0 Å². The van der Waals surface area contributed by atoms with Crippen LogP contribution in [0.2, 0.25) is 5.15 Å². The Morgan fingerprint density at radius 2 is 2.19 bits per heavy atom. The van der Waals surface area contributed by atoms with E-state index in [1.807, 2.05) is 11.0 Å². The molecule has 8 heteroatoms. The highest BCUT2D eigenvalue weighted by molar-refractivity contribution is 6.29. The van der Waals surface area contributed by atoms with Crippen molar-refractivity contribution in [3.05, 3.63) is 45.4 Å². The molecule has 136 valence electrons. The van der Waals surface area contributed by atoms with Gasteiger partial charge >= 0.3 is 5.69 Å². The molecule has 7 nitrogen and oxygen atoms in total. The predicted octanol–water partition coefficient (Wildman–Crippen LogP) is 1.64. The van der Waals surface area contributed by atoms with Gasteiger partial charge in [-0.3, -0.25) is 9.36 Å². The van der Waals surface area contributed by atoms with Gasteiger partial charge in [-0.1, -0.05) is 17.7 Å². The number of amides is 1. The van der Waals surface area contributed by atoms with Crippen LogP contribution in [-0.4, -0.2) is 42.7 Å². The Morgan fingerprint density at radius 3 is 2.88 bits per heavy atom. The van der Waals surface area contributed by atoms with Gasteiger partial charge in [-0.25, -0.2) is 14.5 Å². The topological polar surface area (TPSA) is 73.0 Å². The van der Waals surface area contributed by atoms with Crippen molar-refractivity contribution in [3.63, 3.8) is 0 Å². The van der Waals surface area contributed by atoms with Crippen molar-refractivity contribution >= 4 is 17.5 Å². The number of rotatable bonds is 3. The molecule has 0 bridgehead atoms. The van der Waals surface area contributed by atoms with E-state index in [0.29, 0.717) is 35.9 Å². The molecule has 2 aliphatic heterocycles. The molecule has 2 fully saturated rings. The molecule has 4 heterocycles. The van der Waals surface area contributed by atoms with E-state index in [2.05, 4.69) is 10.1 Å². The van der Waals surface area contributed by atoms with Crippen molar-refractivity contribution in [2.24, 2.45) is 5.92 Å². The summed E-state index contributed by atoms with van der Waals surface area (Å²) in [5.41, 5.74) is 0.648. The zero-order valence-corrected chi connectivity index (χ0v) is 15.1. The number of carbonyl (C=O) groups excluding carboxylic acids is 1. The lowest BCUT2D eigenvalue weighted by molar-refractivity contribution is -0.135. The minimum absolute atomic E-state index is 0.103. The van der Waals surface area contributed by atoms with Crippen LogP contribution in [0.4, 0.5) is 0 Å². The lowest BCUT2D eigenvalue weighted by atomic mass is 10.0. The largest absolute Gasteiger partial charge is 0.346 e. The summed E-state index contributed by atoms with van der Waals surface area (Å²) in [6.07, 6.45) is 6.21. The number of nitrogens with zero attached hydrogens (tertiary/aromatic N) is 5. The second kappa shape index (κ2) is 5.94. The summed E-state index contributed by atoms with van der Waals surface area (Å²) < 4.78 is 3.07. The first-order chi connectivity index (χ1) is 12.6. The average Bonchev–Trinajstić information content (AvgIpc) is 3.19. The fourth-order valence-corrected chi connectivity index (χ4v) is 4.51. The molecule has 1 amide bonds. The number of halogens is 1. The Kier molecular flexibility index (Phi) is 3.67. The van der Waals surface area contributed by atoms with Gasteiger partial charge in [0.1, 0.15) is 17.0 Å². The van der Waals surface area contributed by atoms with Crippen molar-refractivity contribution in [2.75, 3.05) is 6.54 Å². The molecule has 5 rings (SSSR count). The van der Waals surface area contributed by atoms with E-state index in [9.17, 15) is 9.59 Å². The lowest BCUT2D eigenvalue weighted by Crippen LogP contribution is -2.42. The Balaban J connectivity index is 1.44. The molecule has 1 saturated heterocycles. The number of hydrogen-bond donors (Lipinski definition) is 0. The van der Waals surface area contributed by atoms with Crippen LogP contribution in [0, 0.1) is 5.92 Å². The fraction of sp³-hybridized carbons (Fsp3) is 0.556. The number of piperidine rings is 1. The van der Waals surface area contributed by atoms with Gasteiger partial charge in [0.05, 0.1) is 6.54 Å². The first-order valence-corrected chi connectivity index (χ1v) is 9.59. The van der Waals surface area contributed by atoms with Gasteiger partial charge in [0.25, 0.3) is 0 Å². The quantitative estimate of drug-likeness (QED) is 0.767. The third-order valence-corrected chi connectivity index (χ3v) is 6.07. The number of aryl methyl sites for hydroxylation is 1. The van der Waals surface area contributed by atoms with Gasteiger partial charge in [-0.05, 0) is 43.2 Å². The third-order valence-electron chi connectivity index (χ3n) is 5.85. The lowest BCUT2D eigenvalue weighted by Gasteiger charge is -2.28. The molecular formula is C18H20ClN5O2. The molecule has 2 aromatic heterocycles. The maximum atomic E-state index is 13.1. The number of likely N-dealkylation sites (tertiary alicyclic amines) is 1. The van der Waals surface area contributed by atoms with E-state index in [1.54, 1.807) is 16.8 Å². The number of aromatic nitrogens is 4. The van der Waals surface area contributed by atoms with E-state index < -0.39 is 6.04 Å². The van der Waals surface area contributed by atoms with Crippen LogP contribution in [0.5, 0.6) is 0 Å². The smallest absolute Gasteiger partial charge is 0.338 e. The molecule has 0 spiro atoms. The van der Waals surface area contributed by atoms with E-state index >= 15 is 0 Å². The third kappa shape index (κ3) is 2.57. The highest BCUT2D eigenvalue weighted by atomic mass is 35.5. The van der Waals surface area contributed by atoms with Gasteiger partial charge in [-0.2, -0.15) is 5.10 Å². The second-order valence-electron chi connectivity index (χ2n) is 7.51. The fourth-order valence-electron chi connectivity index (χ4n) is 4.40. The van der Waals surface area contributed by atoms with Crippen molar-refractivity contribution in [1.82, 2.24) is 24.2 Å². The molecule has 0 radical (unpaired) electrons. The monoisotopic (exact) mass is 373 g/mol. The molecule has 0 unspecified atom stereocenters. The van der Waals surface area contributed by atoms with Crippen molar-refractivity contribution in [1.29, 1.82) is 0 Å². The van der Waals surface area contributed by atoms with Crippen LogP contribution in [0.15, 0.2) is 23.1 Å². The minimum Gasteiger partial charge on any atom is -0.338 e. The highest BCUT2D eigenvalue weighted by Crippen LogP contribution is 2.45. The zero-order valence-electron chi connectivity index (χ0n) is 14.3. The number of pyridine rings is 1. The standard InChI is InChI=1S/C18H20ClN5O2/c19-15-5-4-11(9-20-15)10-23-18(26)24-13(2-1-3-16(24)21-23)17(25)22-7-6-12-8-14(12)22/h4-5,9,12-14H,1-3,6-8,10H2/t12-,13-,14-/m0/s1. The van der Waals surface area contributed by atoms with Gasteiger partial charge in [0.15, 0.2) is 0 Å². The first-order valence-electron chi connectivity index (χ1n) is 9.21. The molecule has 1 saturated carbocycles.